The first-order valence-electron chi connectivity index (χ1n) is 9.76. The smallest absolute Gasteiger partial charge is 0.315 e. The number of carbonyl (C=O) groups excluding carboxylic acids is 3. The summed E-state index contributed by atoms with van der Waals surface area (Å²) in [6.45, 7) is 2.12. The standard InChI is InChI=1S/C23H23NO4/c1-15-11-12-17-18(13-15)23(27)24(22(17)26)19-9-5-6-10-20(19)28-21(25)14-16-7-3-2-4-8-16/h2-10,15,17-18H,11-14H2,1H3. The molecule has 2 amide bonds. The number of para-hydroxylation sites is 2. The Bertz CT molecular complexity index is 908. The summed E-state index contributed by atoms with van der Waals surface area (Å²) < 4.78 is 5.55. The van der Waals surface area contributed by atoms with Crippen LogP contribution < -0.4 is 9.64 Å². The molecule has 2 fully saturated rings. The molecule has 1 saturated heterocycles. The van der Waals surface area contributed by atoms with Gasteiger partial charge in [0.25, 0.3) is 0 Å². The molecule has 1 aliphatic heterocycles. The molecule has 3 unspecified atom stereocenters. The topological polar surface area (TPSA) is 63.7 Å². The minimum atomic E-state index is -0.427. The van der Waals surface area contributed by atoms with Crippen molar-refractivity contribution in [2.75, 3.05) is 4.90 Å². The lowest BCUT2D eigenvalue weighted by Gasteiger charge is -2.25. The van der Waals surface area contributed by atoms with Gasteiger partial charge in [-0.15, -0.1) is 0 Å². The van der Waals surface area contributed by atoms with Crippen molar-refractivity contribution < 1.29 is 19.1 Å². The summed E-state index contributed by atoms with van der Waals surface area (Å²) in [6, 6.07) is 16.1. The van der Waals surface area contributed by atoms with Gasteiger partial charge in [0.2, 0.25) is 11.8 Å². The third-order valence-corrected chi connectivity index (χ3v) is 5.71. The van der Waals surface area contributed by atoms with E-state index in [1.807, 2.05) is 30.3 Å². The first-order valence-corrected chi connectivity index (χ1v) is 9.76. The number of hydrogen-bond acceptors (Lipinski definition) is 4. The average Bonchev–Trinajstić information content (AvgIpc) is 2.93. The lowest BCUT2D eigenvalue weighted by Crippen LogP contribution is -2.31. The summed E-state index contributed by atoms with van der Waals surface area (Å²) in [7, 11) is 0. The van der Waals surface area contributed by atoms with E-state index >= 15 is 0 Å². The SMILES string of the molecule is CC1CCC2C(=O)N(c3ccccc3OC(=O)Cc3ccccc3)C(=O)C2C1. The Balaban J connectivity index is 1.57. The van der Waals surface area contributed by atoms with E-state index in [4.69, 9.17) is 4.74 Å². The first-order chi connectivity index (χ1) is 13.5. The average molecular weight is 377 g/mol. The Morgan fingerprint density at radius 3 is 2.43 bits per heavy atom. The normalized spacial score (nSPS) is 24.2. The predicted molar refractivity (Wildman–Crippen MR) is 105 cm³/mol. The van der Waals surface area contributed by atoms with Crippen molar-refractivity contribution in [2.24, 2.45) is 17.8 Å². The van der Waals surface area contributed by atoms with Crippen LogP contribution in [0.25, 0.3) is 0 Å². The van der Waals surface area contributed by atoms with Gasteiger partial charge >= 0.3 is 5.97 Å². The molecular weight excluding hydrogens is 354 g/mol. The van der Waals surface area contributed by atoms with Crippen LogP contribution in [0.5, 0.6) is 5.75 Å². The van der Waals surface area contributed by atoms with E-state index in [-0.39, 0.29) is 35.8 Å². The lowest BCUT2D eigenvalue weighted by atomic mass is 9.76. The molecule has 4 rings (SSSR count). The van der Waals surface area contributed by atoms with E-state index in [2.05, 4.69) is 6.92 Å². The van der Waals surface area contributed by atoms with Gasteiger partial charge in [-0.05, 0) is 42.9 Å². The number of ether oxygens (including phenoxy) is 1. The molecule has 144 valence electrons. The number of carbonyl (C=O) groups is 3. The molecular formula is C23H23NO4. The molecule has 2 aromatic carbocycles. The zero-order chi connectivity index (χ0) is 19.7. The Labute approximate surface area is 164 Å². The first kappa shape index (κ1) is 18.4. The van der Waals surface area contributed by atoms with Crippen LogP contribution in [0, 0.1) is 17.8 Å². The molecule has 0 aromatic heterocycles. The molecule has 5 nitrogen and oxygen atoms in total. The quantitative estimate of drug-likeness (QED) is 0.462. The maximum atomic E-state index is 13.0. The summed E-state index contributed by atoms with van der Waals surface area (Å²) in [5.41, 5.74) is 1.21. The van der Waals surface area contributed by atoms with Gasteiger partial charge in [-0.2, -0.15) is 0 Å². The number of benzene rings is 2. The van der Waals surface area contributed by atoms with Crippen molar-refractivity contribution >= 4 is 23.5 Å². The third kappa shape index (κ3) is 3.44. The molecule has 2 aromatic rings. The number of nitrogens with zero attached hydrogens (tertiary/aromatic N) is 1. The van der Waals surface area contributed by atoms with Gasteiger partial charge in [0, 0.05) is 0 Å². The van der Waals surface area contributed by atoms with Crippen LogP contribution >= 0.6 is 0 Å². The van der Waals surface area contributed by atoms with E-state index in [0.717, 1.165) is 24.8 Å². The molecule has 0 spiro atoms. The Morgan fingerprint density at radius 2 is 1.64 bits per heavy atom. The molecule has 3 atom stereocenters. The highest BCUT2D eigenvalue weighted by molar-refractivity contribution is 6.22. The zero-order valence-corrected chi connectivity index (χ0v) is 15.8. The highest BCUT2D eigenvalue weighted by atomic mass is 16.5. The summed E-state index contributed by atoms with van der Waals surface area (Å²) in [6.07, 6.45) is 2.56. The van der Waals surface area contributed by atoms with Crippen LogP contribution in [0.3, 0.4) is 0 Å². The fraction of sp³-hybridized carbons (Fsp3) is 0.348. The van der Waals surface area contributed by atoms with Crippen molar-refractivity contribution in [1.82, 2.24) is 0 Å². The highest BCUT2D eigenvalue weighted by Gasteiger charge is 2.50. The molecule has 1 aliphatic carbocycles. The highest BCUT2D eigenvalue weighted by Crippen LogP contribution is 2.44. The second-order valence-corrected chi connectivity index (χ2v) is 7.75. The van der Waals surface area contributed by atoms with Gasteiger partial charge in [0.1, 0.15) is 0 Å². The maximum absolute atomic E-state index is 13.0. The number of fused-ring (bicyclic) bond motifs is 1. The molecule has 0 bridgehead atoms. The summed E-state index contributed by atoms with van der Waals surface area (Å²) in [5, 5.41) is 0. The molecule has 5 heteroatoms. The van der Waals surface area contributed by atoms with E-state index in [1.54, 1.807) is 24.3 Å². The fourth-order valence-electron chi connectivity index (χ4n) is 4.28. The zero-order valence-electron chi connectivity index (χ0n) is 15.8. The van der Waals surface area contributed by atoms with E-state index in [1.165, 1.54) is 4.90 Å². The van der Waals surface area contributed by atoms with Crippen LogP contribution in [0.15, 0.2) is 54.6 Å². The Hall–Kier alpha value is -2.95. The van der Waals surface area contributed by atoms with Gasteiger partial charge in [0.15, 0.2) is 5.75 Å². The van der Waals surface area contributed by atoms with Gasteiger partial charge in [0.05, 0.1) is 23.9 Å². The monoisotopic (exact) mass is 377 g/mol. The number of amides is 2. The van der Waals surface area contributed by atoms with Crippen LogP contribution in [-0.4, -0.2) is 17.8 Å². The molecule has 1 saturated carbocycles. The minimum Gasteiger partial charge on any atom is -0.424 e. The summed E-state index contributed by atoms with van der Waals surface area (Å²) in [4.78, 5) is 39.6. The van der Waals surface area contributed by atoms with Crippen LogP contribution in [-0.2, 0) is 20.8 Å². The molecule has 28 heavy (non-hydrogen) atoms. The Morgan fingerprint density at radius 1 is 0.964 bits per heavy atom. The van der Waals surface area contributed by atoms with E-state index < -0.39 is 5.97 Å². The fourth-order valence-corrected chi connectivity index (χ4v) is 4.28. The van der Waals surface area contributed by atoms with Crippen molar-refractivity contribution in [2.45, 2.75) is 32.6 Å². The van der Waals surface area contributed by atoms with Crippen LogP contribution in [0.4, 0.5) is 5.69 Å². The van der Waals surface area contributed by atoms with E-state index in [0.29, 0.717) is 11.6 Å². The van der Waals surface area contributed by atoms with Crippen LogP contribution in [0.1, 0.15) is 31.7 Å². The number of hydrogen-bond donors (Lipinski definition) is 0. The predicted octanol–water partition coefficient (Wildman–Crippen LogP) is 3.76. The second-order valence-electron chi connectivity index (χ2n) is 7.75. The van der Waals surface area contributed by atoms with Gasteiger partial charge in [-0.3, -0.25) is 14.4 Å². The molecule has 0 N–H and O–H groups in total. The summed E-state index contributed by atoms with van der Waals surface area (Å²) in [5.74, 6) is -0.597. The van der Waals surface area contributed by atoms with Crippen LogP contribution in [0.2, 0.25) is 0 Å². The number of rotatable bonds is 4. The van der Waals surface area contributed by atoms with Crippen molar-refractivity contribution in [3.63, 3.8) is 0 Å². The van der Waals surface area contributed by atoms with Crippen molar-refractivity contribution in [3.8, 4) is 5.75 Å². The number of imide groups is 1. The van der Waals surface area contributed by atoms with Gasteiger partial charge in [-0.25, -0.2) is 4.90 Å². The number of anilines is 1. The number of esters is 1. The van der Waals surface area contributed by atoms with Gasteiger partial charge in [-0.1, -0.05) is 49.4 Å². The van der Waals surface area contributed by atoms with Gasteiger partial charge < -0.3 is 4.74 Å². The molecule has 1 heterocycles. The molecule has 0 radical (unpaired) electrons. The second kappa shape index (κ2) is 7.58. The largest absolute Gasteiger partial charge is 0.424 e. The third-order valence-electron chi connectivity index (χ3n) is 5.71. The molecule has 2 aliphatic rings. The van der Waals surface area contributed by atoms with Crippen molar-refractivity contribution in [1.29, 1.82) is 0 Å². The lowest BCUT2D eigenvalue weighted by molar-refractivity contribution is -0.133. The van der Waals surface area contributed by atoms with Crippen molar-refractivity contribution in [3.05, 3.63) is 60.2 Å². The Kier molecular flexibility index (Phi) is 4.99. The van der Waals surface area contributed by atoms with E-state index in [9.17, 15) is 14.4 Å². The minimum absolute atomic E-state index is 0.125. The summed E-state index contributed by atoms with van der Waals surface area (Å²) >= 11 is 0. The maximum Gasteiger partial charge on any atom is 0.315 e.